The van der Waals surface area contributed by atoms with Crippen LogP contribution in [0.5, 0.6) is 11.5 Å². The molecule has 1 heterocycles. The van der Waals surface area contributed by atoms with Crippen LogP contribution in [0.1, 0.15) is 25.1 Å². The van der Waals surface area contributed by atoms with Gasteiger partial charge in [-0.1, -0.05) is 6.92 Å². The maximum atomic E-state index is 10.8. The molecule has 0 amide bonds. The zero-order chi connectivity index (χ0) is 15.4. The Hall–Kier alpha value is -1.99. The molecule has 2 rings (SSSR count). The molecular weight excluding hydrogens is 338 g/mol. The van der Waals surface area contributed by atoms with E-state index in [2.05, 4.69) is 20.9 Å². The Kier molecular flexibility index (Phi) is 4.87. The van der Waals surface area contributed by atoms with Crippen molar-refractivity contribution in [2.45, 2.75) is 19.4 Å². The van der Waals surface area contributed by atoms with Crippen LogP contribution in [0.15, 0.2) is 41.0 Å². The third-order valence-electron chi connectivity index (χ3n) is 2.93. The number of aromatic nitrogens is 1. The maximum absolute atomic E-state index is 10.8. The number of benzene rings is 1. The van der Waals surface area contributed by atoms with Crippen molar-refractivity contribution in [1.29, 1.82) is 0 Å². The topological polar surface area (TPSA) is 91.3 Å². The molecule has 0 aliphatic heterocycles. The van der Waals surface area contributed by atoms with Gasteiger partial charge in [0.1, 0.15) is 11.5 Å². The highest BCUT2D eigenvalue weighted by Gasteiger charge is 2.12. The van der Waals surface area contributed by atoms with Gasteiger partial charge in [0.05, 0.1) is 27.4 Å². The fourth-order valence-corrected chi connectivity index (χ4v) is 2.02. The summed E-state index contributed by atoms with van der Waals surface area (Å²) in [5.74, 6) is 0.849. The molecule has 0 radical (unpaired) electrons. The lowest BCUT2D eigenvalue weighted by Gasteiger charge is -2.10. The number of rotatable bonds is 5. The first kappa shape index (κ1) is 15.4. The molecule has 1 aromatic carbocycles. The van der Waals surface area contributed by atoms with Crippen molar-refractivity contribution in [3.63, 3.8) is 0 Å². The number of pyridine rings is 1. The van der Waals surface area contributed by atoms with Crippen LogP contribution in [-0.4, -0.2) is 9.91 Å². The minimum atomic E-state index is -0.471. The van der Waals surface area contributed by atoms with Crippen LogP contribution in [0.4, 0.5) is 5.69 Å². The zero-order valence-electron chi connectivity index (χ0n) is 11.3. The highest BCUT2D eigenvalue weighted by atomic mass is 79.9. The lowest BCUT2D eigenvalue weighted by Crippen LogP contribution is -2.10. The summed E-state index contributed by atoms with van der Waals surface area (Å²) in [4.78, 5) is 14.5. The molecule has 2 N–H and O–H groups in total. The van der Waals surface area contributed by atoms with Crippen LogP contribution in [0, 0.1) is 10.1 Å². The highest BCUT2D eigenvalue weighted by Crippen LogP contribution is 2.32. The summed E-state index contributed by atoms with van der Waals surface area (Å²) in [6, 6.07) is 7.75. The fraction of sp³-hybridized carbons (Fsp3) is 0.214. The lowest BCUT2D eigenvalue weighted by atomic mass is 10.1. The molecule has 0 bridgehead atoms. The molecule has 7 heteroatoms. The van der Waals surface area contributed by atoms with E-state index in [1.54, 1.807) is 24.4 Å². The van der Waals surface area contributed by atoms with Gasteiger partial charge < -0.3 is 10.5 Å². The van der Waals surface area contributed by atoms with Gasteiger partial charge in [-0.2, -0.15) is 0 Å². The number of nitrogens with zero attached hydrogens (tertiary/aromatic N) is 2. The zero-order valence-corrected chi connectivity index (χ0v) is 12.9. The minimum absolute atomic E-state index is 0.0363. The van der Waals surface area contributed by atoms with E-state index in [-0.39, 0.29) is 11.7 Å². The first-order valence-electron chi connectivity index (χ1n) is 6.34. The third-order valence-corrected chi connectivity index (χ3v) is 3.59. The number of hydrogen-bond donors (Lipinski definition) is 1. The van der Waals surface area contributed by atoms with Gasteiger partial charge in [0, 0.05) is 12.1 Å². The summed E-state index contributed by atoms with van der Waals surface area (Å²) >= 11 is 3.30. The van der Waals surface area contributed by atoms with Crippen LogP contribution < -0.4 is 10.5 Å². The summed E-state index contributed by atoms with van der Waals surface area (Å²) in [5.41, 5.74) is 6.63. The van der Waals surface area contributed by atoms with Gasteiger partial charge in [-0.05, 0) is 40.5 Å². The van der Waals surface area contributed by atoms with Gasteiger partial charge in [0.2, 0.25) is 0 Å². The lowest BCUT2D eigenvalue weighted by molar-refractivity contribution is -0.384. The second-order valence-corrected chi connectivity index (χ2v) is 5.26. The van der Waals surface area contributed by atoms with E-state index < -0.39 is 4.92 Å². The molecule has 0 fully saturated rings. The van der Waals surface area contributed by atoms with Crippen LogP contribution >= 0.6 is 15.9 Å². The summed E-state index contributed by atoms with van der Waals surface area (Å²) < 4.78 is 6.24. The standard InChI is InChI=1S/C14H14BrN3O3/c1-2-12(16)13-6-4-10(8-17-13)21-14-7-9(18(19)20)3-5-11(14)15/h3-8,12H,2,16H2,1H3. The Morgan fingerprint density at radius 2 is 2.19 bits per heavy atom. The van der Waals surface area contributed by atoms with Crippen molar-refractivity contribution in [1.82, 2.24) is 4.98 Å². The number of nitro benzene ring substituents is 1. The molecule has 0 saturated heterocycles. The van der Waals surface area contributed by atoms with E-state index in [1.165, 1.54) is 12.1 Å². The van der Waals surface area contributed by atoms with Crippen LogP contribution in [0.2, 0.25) is 0 Å². The van der Waals surface area contributed by atoms with Crippen LogP contribution in [0.25, 0.3) is 0 Å². The van der Waals surface area contributed by atoms with E-state index in [0.717, 1.165) is 12.1 Å². The van der Waals surface area contributed by atoms with Gasteiger partial charge in [-0.15, -0.1) is 0 Å². The molecule has 1 aromatic heterocycles. The van der Waals surface area contributed by atoms with Crippen molar-refractivity contribution in [2.24, 2.45) is 5.73 Å². The van der Waals surface area contributed by atoms with Crippen molar-refractivity contribution in [3.05, 3.63) is 56.8 Å². The fourth-order valence-electron chi connectivity index (χ4n) is 1.69. The molecule has 1 atom stereocenters. The summed E-state index contributed by atoms with van der Waals surface area (Å²) in [6.45, 7) is 1.98. The van der Waals surface area contributed by atoms with E-state index in [1.807, 2.05) is 6.92 Å². The Labute approximate surface area is 130 Å². The number of non-ortho nitro benzene ring substituents is 1. The number of ether oxygens (including phenoxy) is 1. The maximum Gasteiger partial charge on any atom is 0.273 e. The summed E-state index contributed by atoms with van der Waals surface area (Å²) in [6.07, 6.45) is 2.35. The monoisotopic (exact) mass is 351 g/mol. The molecule has 0 aliphatic rings. The van der Waals surface area contributed by atoms with E-state index in [4.69, 9.17) is 10.5 Å². The van der Waals surface area contributed by atoms with Crippen molar-refractivity contribution in [2.75, 3.05) is 0 Å². The van der Waals surface area contributed by atoms with Crippen LogP contribution in [-0.2, 0) is 0 Å². The van der Waals surface area contributed by atoms with Gasteiger partial charge in [0.25, 0.3) is 5.69 Å². The molecular formula is C14H14BrN3O3. The summed E-state index contributed by atoms with van der Waals surface area (Å²) in [7, 11) is 0. The summed E-state index contributed by atoms with van der Waals surface area (Å²) in [5, 5.41) is 10.8. The molecule has 0 spiro atoms. The first-order valence-corrected chi connectivity index (χ1v) is 7.14. The van der Waals surface area contributed by atoms with E-state index in [9.17, 15) is 10.1 Å². The average Bonchev–Trinajstić information content (AvgIpc) is 2.49. The predicted molar refractivity (Wildman–Crippen MR) is 82.3 cm³/mol. The Morgan fingerprint density at radius 3 is 2.76 bits per heavy atom. The third kappa shape index (κ3) is 3.77. The smallest absolute Gasteiger partial charge is 0.273 e. The number of nitrogens with two attached hydrogens (primary N) is 1. The first-order chi connectivity index (χ1) is 10.0. The second kappa shape index (κ2) is 6.64. The van der Waals surface area contributed by atoms with Gasteiger partial charge >= 0.3 is 0 Å². The SMILES string of the molecule is CCC(N)c1ccc(Oc2cc([N+](=O)[O-])ccc2Br)cn1. The largest absolute Gasteiger partial charge is 0.454 e. The molecule has 21 heavy (non-hydrogen) atoms. The Balaban J connectivity index is 2.22. The van der Waals surface area contributed by atoms with Crippen LogP contribution in [0.3, 0.4) is 0 Å². The molecule has 0 saturated carbocycles. The van der Waals surface area contributed by atoms with E-state index in [0.29, 0.717) is 16.0 Å². The Morgan fingerprint density at radius 1 is 1.43 bits per heavy atom. The van der Waals surface area contributed by atoms with Gasteiger partial charge in [0.15, 0.2) is 0 Å². The molecule has 1 unspecified atom stereocenters. The van der Waals surface area contributed by atoms with Gasteiger partial charge in [-0.25, -0.2) is 0 Å². The second-order valence-electron chi connectivity index (χ2n) is 4.41. The van der Waals surface area contributed by atoms with Crippen molar-refractivity contribution >= 4 is 21.6 Å². The molecule has 6 nitrogen and oxygen atoms in total. The normalized spacial score (nSPS) is 12.0. The number of nitro groups is 1. The number of hydrogen-bond acceptors (Lipinski definition) is 5. The van der Waals surface area contributed by atoms with E-state index >= 15 is 0 Å². The average molecular weight is 352 g/mol. The number of halogens is 1. The predicted octanol–water partition coefficient (Wildman–Crippen LogP) is 3.95. The molecule has 0 aliphatic carbocycles. The van der Waals surface area contributed by atoms with Gasteiger partial charge in [-0.3, -0.25) is 15.1 Å². The minimum Gasteiger partial charge on any atom is -0.454 e. The quantitative estimate of drug-likeness (QED) is 0.650. The molecule has 2 aromatic rings. The van der Waals surface area contributed by atoms with Crippen molar-refractivity contribution in [3.8, 4) is 11.5 Å². The molecule has 110 valence electrons. The van der Waals surface area contributed by atoms with Crippen molar-refractivity contribution < 1.29 is 9.66 Å². The highest BCUT2D eigenvalue weighted by molar-refractivity contribution is 9.10. The Bertz CT molecular complexity index is 646.